The molecule has 0 bridgehead atoms. The van der Waals surface area contributed by atoms with E-state index in [1.54, 1.807) is 7.11 Å². The fourth-order valence-electron chi connectivity index (χ4n) is 0.977. The second-order valence-corrected chi connectivity index (χ2v) is 6.23. The molecule has 0 aliphatic rings. The maximum Gasteiger partial charge on any atom is 0.206 e. The number of anilines is 1. The first-order chi connectivity index (χ1) is 8.28. The maximum atomic E-state index is 4.94. The molecule has 0 amide bonds. The van der Waals surface area contributed by atoms with Gasteiger partial charge >= 0.3 is 0 Å². The van der Waals surface area contributed by atoms with Gasteiger partial charge in [0.15, 0.2) is 8.68 Å². The van der Waals surface area contributed by atoms with Gasteiger partial charge in [-0.15, -0.1) is 10.2 Å². The van der Waals surface area contributed by atoms with Crippen LogP contribution in [0.4, 0.5) is 5.13 Å². The van der Waals surface area contributed by atoms with E-state index in [1.165, 1.54) is 34.6 Å². The molecule has 0 fully saturated rings. The summed E-state index contributed by atoms with van der Waals surface area (Å²) in [5.41, 5.74) is 0. The summed E-state index contributed by atoms with van der Waals surface area (Å²) in [6.45, 7) is 3.25. The molecule has 0 atom stereocenters. The molecule has 2 aromatic heterocycles. The van der Waals surface area contributed by atoms with Crippen molar-refractivity contribution in [2.45, 2.75) is 15.6 Å². The van der Waals surface area contributed by atoms with Gasteiger partial charge in [0.25, 0.3) is 0 Å². The van der Waals surface area contributed by atoms with E-state index in [4.69, 9.17) is 4.74 Å². The normalized spacial score (nSPS) is 10.7. The van der Waals surface area contributed by atoms with Crippen LogP contribution in [-0.2, 0) is 4.74 Å². The van der Waals surface area contributed by atoms with Crippen molar-refractivity contribution in [3.8, 4) is 0 Å². The molecule has 92 valence electrons. The molecular formula is C8H11N5OS3. The Morgan fingerprint density at radius 1 is 1.35 bits per heavy atom. The Hall–Kier alpha value is -0.770. The Balaban J connectivity index is 1.89. The molecule has 17 heavy (non-hydrogen) atoms. The van der Waals surface area contributed by atoms with E-state index in [9.17, 15) is 0 Å². The van der Waals surface area contributed by atoms with Gasteiger partial charge in [-0.3, -0.25) is 0 Å². The molecule has 2 rings (SSSR count). The van der Waals surface area contributed by atoms with E-state index >= 15 is 0 Å². The zero-order valence-corrected chi connectivity index (χ0v) is 11.8. The summed E-state index contributed by atoms with van der Waals surface area (Å²) >= 11 is 4.36. The first kappa shape index (κ1) is 12.7. The minimum Gasteiger partial charge on any atom is -0.383 e. The lowest BCUT2D eigenvalue weighted by atomic mass is 10.7. The van der Waals surface area contributed by atoms with Crippen LogP contribution in [0, 0.1) is 6.92 Å². The van der Waals surface area contributed by atoms with Crippen molar-refractivity contribution in [2.24, 2.45) is 0 Å². The zero-order valence-electron chi connectivity index (χ0n) is 9.34. The fourth-order valence-corrected chi connectivity index (χ4v) is 3.61. The SMILES string of the molecule is COCCNc1nnc(Sc2nc(C)ns2)s1. The molecule has 0 radical (unpaired) electrons. The summed E-state index contributed by atoms with van der Waals surface area (Å²) in [4.78, 5) is 4.26. The largest absolute Gasteiger partial charge is 0.383 e. The summed E-state index contributed by atoms with van der Waals surface area (Å²) in [6.07, 6.45) is 0. The van der Waals surface area contributed by atoms with Gasteiger partial charge < -0.3 is 10.1 Å². The highest BCUT2D eigenvalue weighted by Crippen LogP contribution is 2.32. The van der Waals surface area contributed by atoms with Gasteiger partial charge in [-0.1, -0.05) is 11.3 Å². The second-order valence-electron chi connectivity index (χ2n) is 3.00. The number of aryl methyl sites for hydroxylation is 1. The standard InChI is InChI=1S/C8H11N5OS3/c1-5-10-7(17-13-5)16-8-12-11-6(15-8)9-3-4-14-2/h3-4H2,1-2H3,(H,9,11). The summed E-state index contributed by atoms with van der Waals surface area (Å²) in [6, 6.07) is 0. The van der Waals surface area contributed by atoms with Crippen LogP contribution in [0.5, 0.6) is 0 Å². The molecule has 2 heterocycles. The molecule has 2 aromatic rings. The Bertz CT molecular complexity index is 471. The highest BCUT2D eigenvalue weighted by molar-refractivity contribution is 8.02. The molecule has 0 aliphatic heterocycles. The van der Waals surface area contributed by atoms with Crippen LogP contribution in [0.25, 0.3) is 0 Å². The maximum absolute atomic E-state index is 4.94. The summed E-state index contributed by atoms with van der Waals surface area (Å²) < 4.78 is 10.8. The second kappa shape index (κ2) is 6.24. The molecule has 0 spiro atoms. The third-order valence-corrected chi connectivity index (χ3v) is 4.45. The van der Waals surface area contributed by atoms with Gasteiger partial charge in [-0.25, -0.2) is 4.98 Å². The van der Waals surface area contributed by atoms with Gasteiger partial charge in [0, 0.05) is 13.7 Å². The van der Waals surface area contributed by atoms with E-state index in [0.29, 0.717) is 6.61 Å². The van der Waals surface area contributed by atoms with Gasteiger partial charge in [0.1, 0.15) is 5.82 Å². The number of hydrogen-bond acceptors (Lipinski definition) is 9. The summed E-state index contributed by atoms with van der Waals surface area (Å²) in [7, 11) is 1.67. The van der Waals surface area contributed by atoms with Crippen LogP contribution in [0.3, 0.4) is 0 Å². The van der Waals surface area contributed by atoms with Crippen LogP contribution in [0.2, 0.25) is 0 Å². The lowest BCUT2D eigenvalue weighted by Crippen LogP contribution is -2.06. The fraction of sp³-hybridized carbons (Fsp3) is 0.500. The number of rotatable bonds is 6. The van der Waals surface area contributed by atoms with Gasteiger partial charge in [-0.05, 0) is 30.2 Å². The predicted octanol–water partition coefficient (Wildman–Crippen LogP) is 1.91. The van der Waals surface area contributed by atoms with Gasteiger partial charge in [0.2, 0.25) is 5.13 Å². The lowest BCUT2D eigenvalue weighted by Gasteiger charge is -1.98. The van der Waals surface area contributed by atoms with Crippen molar-refractivity contribution in [3.63, 3.8) is 0 Å². The van der Waals surface area contributed by atoms with Crippen molar-refractivity contribution in [1.82, 2.24) is 19.6 Å². The van der Waals surface area contributed by atoms with Crippen molar-refractivity contribution >= 4 is 39.8 Å². The molecule has 9 heteroatoms. The Morgan fingerprint density at radius 2 is 2.24 bits per heavy atom. The molecule has 0 unspecified atom stereocenters. The smallest absolute Gasteiger partial charge is 0.206 e. The molecule has 6 nitrogen and oxygen atoms in total. The quantitative estimate of drug-likeness (QED) is 0.814. The van der Waals surface area contributed by atoms with Crippen LogP contribution in [0.15, 0.2) is 8.68 Å². The Morgan fingerprint density at radius 3 is 2.94 bits per heavy atom. The van der Waals surface area contributed by atoms with Crippen molar-refractivity contribution in [2.75, 3.05) is 25.6 Å². The summed E-state index contributed by atoms with van der Waals surface area (Å²) in [5, 5.41) is 12.0. The zero-order chi connectivity index (χ0) is 12.1. The van der Waals surface area contributed by atoms with Crippen molar-refractivity contribution in [3.05, 3.63) is 5.82 Å². The van der Waals surface area contributed by atoms with E-state index < -0.39 is 0 Å². The van der Waals surface area contributed by atoms with E-state index in [0.717, 1.165) is 26.2 Å². The Labute approximate surface area is 111 Å². The number of nitrogens with one attached hydrogen (secondary N) is 1. The van der Waals surface area contributed by atoms with Gasteiger partial charge in [0.05, 0.1) is 6.61 Å². The monoisotopic (exact) mass is 289 g/mol. The minimum absolute atomic E-state index is 0.650. The average molecular weight is 289 g/mol. The molecule has 0 saturated carbocycles. The van der Waals surface area contributed by atoms with Crippen LogP contribution < -0.4 is 5.32 Å². The van der Waals surface area contributed by atoms with Crippen LogP contribution >= 0.6 is 34.6 Å². The van der Waals surface area contributed by atoms with Crippen molar-refractivity contribution in [1.29, 1.82) is 0 Å². The molecule has 1 N–H and O–H groups in total. The molecule has 0 saturated heterocycles. The van der Waals surface area contributed by atoms with E-state index in [1.807, 2.05) is 6.92 Å². The van der Waals surface area contributed by atoms with E-state index in [-0.39, 0.29) is 0 Å². The first-order valence-electron chi connectivity index (χ1n) is 4.82. The Kier molecular flexibility index (Phi) is 4.66. The third kappa shape index (κ3) is 3.87. The van der Waals surface area contributed by atoms with Crippen LogP contribution in [-0.4, -0.2) is 39.8 Å². The number of nitrogens with zero attached hydrogens (tertiary/aromatic N) is 4. The highest BCUT2D eigenvalue weighted by atomic mass is 32.2. The average Bonchev–Trinajstić information content (AvgIpc) is 2.90. The number of aromatic nitrogens is 4. The lowest BCUT2D eigenvalue weighted by molar-refractivity contribution is 0.211. The van der Waals surface area contributed by atoms with E-state index in [2.05, 4.69) is 24.9 Å². The van der Waals surface area contributed by atoms with Crippen LogP contribution in [0.1, 0.15) is 5.82 Å². The summed E-state index contributed by atoms with van der Waals surface area (Å²) in [5.74, 6) is 0.792. The molecular weight excluding hydrogens is 278 g/mol. The predicted molar refractivity (Wildman–Crippen MR) is 69.0 cm³/mol. The molecule has 0 aliphatic carbocycles. The van der Waals surface area contributed by atoms with Gasteiger partial charge in [-0.2, -0.15) is 4.37 Å². The van der Waals surface area contributed by atoms with Crippen molar-refractivity contribution < 1.29 is 4.74 Å². The topological polar surface area (TPSA) is 72.8 Å². The third-order valence-electron chi connectivity index (χ3n) is 1.67. The number of hydrogen-bond donors (Lipinski definition) is 1. The minimum atomic E-state index is 0.650. The first-order valence-corrected chi connectivity index (χ1v) is 7.23. The number of methoxy groups -OCH3 is 1. The number of ether oxygens (including phenoxy) is 1. The highest BCUT2D eigenvalue weighted by Gasteiger charge is 2.08. The molecule has 0 aromatic carbocycles.